The van der Waals surface area contributed by atoms with Crippen LogP contribution in [-0.2, 0) is 4.79 Å². The Labute approximate surface area is 109 Å². The Balaban J connectivity index is 2.01. The fourth-order valence-electron chi connectivity index (χ4n) is 3.02. The molecule has 3 rings (SSSR count). The first kappa shape index (κ1) is 12.0. The van der Waals surface area contributed by atoms with Crippen LogP contribution in [0.2, 0.25) is 0 Å². The summed E-state index contributed by atoms with van der Waals surface area (Å²) >= 11 is 0. The molecular formula is C14H15NO4. The molecule has 1 aromatic carbocycles. The van der Waals surface area contributed by atoms with E-state index in [0.29, 0.717) is 11.1 Å². The second-order valence-corrected chi connectivity index (χ2v) is 5.11. The Morgan fingerprint density at radius 1 is 1.32 bits per heavy atom. The van der Waals surface area contributed by atoms with Crippen molar-refractivity contribution in [1.29, 1.82) is 0 Å². The Morgan fingerprint density at radius 2 is 2.11 bits per heavy atom. The molecule has 1 saturated carbocycles. The molecule has 0 radical (unpaired) electrons. The number of carboxylic acids is 1. The molecule has 2 N–H and O–H groups in total. The highest BCUT2D eigenvalue weighted by molar-refractivity contribution is 5.75. The lowest BCUT2D eigenvalue weighted by Crippen LogP contribution is -2.25. The molecule has 2 aromatic rings. The zero-order chi connectivity index (χ0) is 13.4. The summed E-state index contributed by atoms with van der Waals surface area (Å²) < 4.78 is 5.04. The third kappa shape index (κ3) is 2.16. The van der Waals surface area contributed by atoms with Crippen LogP contribution in [0.15, 0.2) is 27.4 Å². The second kappa shape index (κ2) is 4.57. The van der Waals surface area contributed by atoms with Gasteiger partial charge in [0.1, 0.15) is 0 Å². The lowest BCUT2D eigenvalue weighted by Gasteiger charge is -2.28. The van der Waals surface area contributed by atoms with Crippen molar-refractivity contribution in [2.75, 3.05) is 0 Å². The number of aromatic amines is 1. The van der Waals surface area contributed by atoms with Crippen molar-refractivity contribution >= 4 is 17.1 Å². The van der Waals surface area contributed by atoms with E-state index >= 15 is 0 Å². The van der Waals surface area contributed by atoms with Crippen LogP contribution in [0.4, 0.5) is 0 Å². The van der Waals surface area contributed by atoms with Crippen LogP contribution in [0.25, 0.3) is 11.1 Å². The van der Waals surface area contributed by atoms with Gasteiger partial charge in [0.25, 0.3) is 0 Å². The van der Waals surface area contributed by atoms with Gasteiger partial charge in [0.2, 0.25) is 0 Å². The lowest BCUT2D eigenvalue weighted by atomic mass is 9.75. The van der Waals surface area contributed by atoms with E-state index in [4.69, 9.17) is 4.42 Å². The van der Waals surface area contributed by atoms with Gasteiger partial charge in [-0.2, -0.15) is 0 Å². The molecule has 100 valence electrons. The predicted molar refractivity (Wildman–Crippen MR) is 69.2 cm³/mol. The molecule has 0 spiro atoms. The molecule has 19 heavy (non-hydrogen) atoms. The molecular weight excluding hydrogens is 246 g/mol. The number of oxazole rings is 1. The first-order valence-corrected chi connectivity index (χ1v) is 6.51. The summed E-state index contributed by atoms with van der Waals surface area (Å²) in [6.07, 6.45) is 3.60. The van der Waals surface area contributed by atoms with Gasteiger partial charge >= 0.3 is 11.7 Å². The molecule has 1 fully saturated rings. The number of hydrogen-bond donors (Lipinski definition) is 2. The Bertz CT molecular complexity index is 669. The highest BCUT2D eigenvalue weighted by Crippen LogP contribution is 2.38. The largest absolute Gasteiger partial charge is 0.481 e. The molecule has 0 bridgehead atoms. The highest BCUT2D eigenvalue weighted by Gasteiger charge is 2.32. The summed E-state index contributed by atoms with van der Waals surface area (Å²) in [7, 11) is 0. The van der Waals surface area contributed by atoms with E-state index in [2.05, 4.69) is 4.98 Å². The van der Waals surface area contributed by atoms with Crippen molar-refractivity contribution in [3.8, 4) is 0 Å². The van der Waals surface area contributed by atoms with Crippen LogP contribution in [0.3, 0.4) is 0 Å². The summed E-state index contributed by atoms with van der Waals surface area (Å²) in [5.74, 6) is -1.54. The number of rotatable bonds is 2. The molecule has 2 atom stereocenters. The number of aliphatic carboxylic acids is 1. The zero-order valence-corrected chi connectivity index (χ0v) is 10.4. The van der Waals surface area contributed by atoms with Crippen LogP contribution in [0.1, 0.15) is 37.2 Å². The maximum Gasteiger partial charge on any atom is 0.417 e. The number of carbonyl (C=O) groups is 1. The standard InChI is InChI=1S/C14H15NO4/c16-13(17)10-4-2-1-3-9(10)8-5-6-11-12(7-8)19-14(18)15-11/h5-7,9-10H,1-4H2,(H,15,18)(H,16,17). The van der Waals surface area contributed by atoms with Gasteiger partial charge in [0, 0.05) is 0 Å². The topological polar surface area (TPSA) is 83.3 Å². The number of carboxylic acid groups (broad SMARTS) is 1. The Hall–Kier alpha value is -2.04. The minimum atomic E-state index is -0.736. The van der Waals surface area contributed by atoms with Gasteiger partial charge in [-0.3, -0.25) is 9.78 Å². The highest BCUT2D eigenvalue weighted by atomic mass is 16.4. The molecule has 5 nitrogen and oxygen atoms in total. The van der Waals surface area contributed by atoms with E-state index in [-0.39, 0.29) is 11.8 Å². The molecule has 1 aliphatic rings. The van der Waals surface area contributed by atoms with Crippen molar-refractivity contribution in [2.45, 2.75) is 31.6 Å². The summed E-state index contributed by atoms with van der Waals surface area (Å²) in [4.78, 5) is 25.0. The number of aromatic nitrogens is 1. The lowest BCUT2D eigenvalue weighted by molar-refractivity contribution is -0.143. The second-order valence-electron chi connectivity index (χ2n) is 5.11. The van der Waals surface area contributed by atoms with Gasteiger partial charge < -0.3 is 9.52 Å². The summed E-state index contributed by atoms with van der Waals surface area (Å²) in [6, 6.07) is 5.46. The minimum absolute atomic E-state index is 0.0100. The molecule has 1 aromatic heterocycles. The van der Waals surface area contributed by atoms with Crippen molar-refractivity contribution in [2.24, 2.45) is 5.92 Å². The van der Waals surface area contributed by atoms with Gasteiger partial charge in [-0.15, -0.1) is 0 Å². The van der Waals surface area contributed by atoms with E-state index in [0.717, 1.165) is 31.2 Å². The van der Waals surface area contributed by atoms with Gasteiger partial charge in [-0.05, 0) is 36.5 Å². The minimum Gasteiger partial charge on any atom is -0.481 e. The SMILES string of the molecule is O=C(O)C1CCCCC1c1ccc2[nH]c(=O)oc2c1. The van der Waals surface area contributed by atoms with E-state index in [1.165, 1.54) is 0 Å². The molecule has 0 saturated heterocycles. The monoisotopic (exact) mass is 261 g/mol. The summed E-state index contributed by atoms with van der Waals surface area (Å²) in [5.41, 5.74) is 2.09. The maximum absolute atomic E-state index is 11.3. The van der Waals surface area contributed by atoms with Gasteiger partial charge in [0.05, 0.1) is 11.4 Å². The van der Waals surface area contributed by atoms with Crippen molar-refractivity contribution in [3.05, 3.63) is 34.3 Å². The van der Waals surface area contributed by atoms with Crippen molar-refractivity contribution in [1.82, 2.24) is 4.98 Å². The van der Waals surface area contributed by atoms with Gasteiger partial charge in [0.15, 0.2) is 5.58 Å². The van der Waals surface area contributed by atoms with Crippen molar-refractivity contribution < 1.29 is 14.3 Å². The average molecular weight is 261 g/mol. The Kier molecular flexibility index (Phi) is 2.89. The van der Waals surface area contributed by atoms with E-state index in [9.17, 15) is 14.7 Å². The molecule has 0 aliphatic heterocycles. The Morgan fingerprint density at radius 3 is 2.89 bits per heavy atom. The van der Waals surface area contributed by atoms with Gasteiger partial charge in [-0.25, -0.2) is 4.79 Å². The summed E-state index contributed by atoms with van der Waals surface area (Å²) in [5, 5.41) is 9.31. The van der Waals surface area contributed by atoms with Crippen LogP contribution in [0, 0.1) is 5.92 Å². The number of H-pyrrole nitrogens is 1. The number of fused-ring (bicyclic) bond motifs is 1. The fraction of sp³-hybridized carbons (Fsp3) is 0.429. The molecule has 1 aliphatic carbocycles. The smallest absolute Gasteiger partial charge is 0.417 e. The van der Waals surface area contributed by atoms with Crippen LogP contribution in [0.5, 0.6) is 0 Å². The van der Waals surface area contributed by atoms with E-state index in [1.54, 1.807) is 12.1 Å². The van der Waals surface area contributed by atoms with Gasteiger partial charge in [-0.1, -0.05) is 18.9 Å². The number of benzene rings is 1. The molecule has 1 heterocycles. The maximum atomic E-state index is 11.3. The normalized spacial score (nSPS) is 23.6. The van der Waals surface area contributed by atoms with Crippen molar-refractivity contribution in [3.63, 3.8) is 0 Å². The third-order valence-corrected chi connectivity index (χ3v) is 3.96. The first-order chi connectivity index (χ1) is 9.15. The number of nitrogens with one attached hydrogen (secondary N) is 1. The summed E-state index contributed by atoms with van der Waals surface area (Å²) in [6.45, 7) is 0. The molecule has 5 heteroatoms. The number of hydrogen-bond acceptors (Lipinski definition) is 3. The van der Waals surface area contributed by atoms with Crippen LogP contribution >= 0.6 is 0 Å². The molecule has 0 amide bonds. The quantitative estimate of drug-likeness (QED) is 0.869. The van der Waals surface area contributed by atoms with E-state index < -0.39 is 11.7 Å². The zero-order valence-electron chi connectivity index (χ0n) is 10.4. The van der Waals surface area contributed by atoms with Crippen LogP contribution < -0.4 is 5.76 Å². The predicted octanol–water partition coefficient (Wildman–Crippen LogP) is 2.48. The van der Waals surface area contributed by atoms with E-state index in [1.807, 2.05) is 6.07 Å². The first-order valence-electron chi connectivity index (χ1n) is 6.51. The molecule has 2 unspecified atom stereocenters. The average Bonchev–Trinajstić information content (AvgIpc) is 2.77. The van der Waals surface area contributed by atoms with Crippen LogP contribution in [-0.4, -0.2) is 16.1 Å². The fourth-order valence-corrected chi connectivity index (χ4v) is 3.02. The third-order valence-electron chi connectivity index (χ3n) is 3.96.